The molecule has 2 atom stereocenters. The Balaban J connectivity index is 1.59. The molecule has 1 aromatic heterocycles. The zero-order valence-electron chi connectivity index (χ0n) is 16.4. The van der Waals surface area contributed by atoms with Gasteiger partial charge in [0.2, 0.25) is 0 Å². The number of imide groups is 1. The molecule has 1 N–H and O–H groups in total. The first-order chi connectivity index (χ1) is 14.5. The molecule has 0 radical (unpaired) electrons. The Kier molecular flexibility index (Phi) is 4.39. The second kappa shape index (κ2) is 6.98. The lowest BCUT2D eigenvalue weighted by molar-refractivity contribution is -0.0504. The van der Waals surface area contributed by atoms with Crippen molar-refractivity contribution in [3.8, 4) is 0 Å². The number of H-pyrrole nitrogens is 1. The monoisotopic (exact) mass is 410 g/mol. The fourth-order valence-electron chi connectivity index (χ4n) is 4.55. The van der Waals surface area contributed by atoms with Crippen molar-refractivity contribution in [3.63, 3.8) is 0 Å². The number of aromatic amines is 1. The number of piperidine rings is 1. The molecule has 2 aromatic carbocycles. The van der Waals surface area contributed by atoms with Crippen molar-refractivity contribution in [1.29, 1.82) is 0 Å². The number of hydrogen-bond donors (Lipinski definition) is 1. The molecular weight excluding hydrogens is 390 g/mol. The number of halogens is 2. The van der Waals surface area contributed by atoms with E-state index in [4.69, 9.17) is 0 Å². The summed E-state index contributed by atoms with van der Waals surface area (Å²) in [5.41, 5.74) is 2.59. The molecule has 2 unspecified atom stereocenters. The van der Waals surface area contributed by atoms with Gasteiger partial charge in [-0.25, -0.2) is 18.8 Å². The summed E-state index contributed by atoms with van der Waals surface area (Å²) < 4.78 is 28.0. The Labute approximate surface area is 171 Å². The molecule has 0 saturated carbocycles. The molecule has 3 heterocycles. The van der Waals surface area contributed by atoms with E-state index in [2.05, 4.69) is 10.2 Å². The number of benzene rings is 2. The fraction of sp³-hybridized carbons (Fsp3) is 0.318. The maximum atomic E-state index is 14.4. The van der Waals surface area contributed by atoms with E-state index in [0.29, 0.717) is 34.1 Å². The van der Waals surface area contributed by atoms with Crippen LogP contribution in [0.3, 0.4) is 0 Å². The minimum atomic E-state index is -1.08. The van der Waals surface area contributed by atoms with Crippen molar-refractivity contribution in [1.82, 2.24) is 20.2 Å². The molecule has 1 fully saturated rings. The molecule has 8 heteroatoms. The van der Waals surface area contributed by atoms with Gasteiger partial charge in [-0.1, -0.05) is 19.1 Å². The van der Waals surface area contributed by atoms with E-state index in [0.717, 1.165) is 10.6 Å². The average Bonchev–Trinajstić information content (AvgIpc) is 3.27. The third kappa shape index (κ3) is 2.74. The first-order valence-electron chi connectivity index (χ1n) is 10.0. The minimum absolute atomic E-state index is 0.0999. The molecule has 1 saturated heterocycles. The number of aromatic nitrogens is 2. The molecule has 0 aliphatic carbocycles. The predicted molar refractivity (Wildman–Crippen MR) is 106 cm³/mol. The number of rotatable bonds is 3. The zero-order valence-corrected chi connectivity index (χ0v) is 16.4. The summed E-state index contributed by atoms with van der Waals surface area (Å²) >= 11 is 0. The third-order valence-electron chi connectivity index (χ3n) is 6.01. The summed E-state index contributed by atoms with van der Waals surface area (Å²) in [6.07, 6.45) is -0.136. The van der Waals surface area contributed by atoms with Gasteiger partial charge in [0.15, 0.2) is 0 Å². The SMILES string of the molecule is CCc1cccc2c1C(=O)N(N1CCC(F)CC1c1[nH]nc3cc(F)ccc13)C2=O. The molecule has 0 spiro atoms. The molecule has 6 nitrogen and oxygen atoms in total. The van der Waals surface area contributed by atoms with Crippen LogP contribution < -0.4 is 0 Å². The number of fused-ring (bicyclic) bond motifs is 2. The quantitative estimate of drug-likeness (QED) is 0.664. The molecule has 154 valence electrons. The summed E-state index contributed by atoms with van der Waals surface area (Å²) in [5.74, 6) is -1.20. The number of amides is 2. The lowest BCUT2D eigenvalue weighted by Crippen LogP contribution is -2.51. The predicted octanol–water partition coefficient (Wildman–Crippen LogP) is 3.95. The van der Waals surface area contributed by atoms with E-state index >= 15 is 0 Å². The first-order valence-corrected chi connectivity index (χ1v) is 10.0. The van der Waals surface area contributed by atoms with Gasteiger partial charge >= 0.3 is 0 Å². The van der Waals surface area contributed by atoms with E-state index in [9.17, 15) is 18.4 Å². The Morgan fingerprint density at radius 2 is 2.03 bits per heavy atom. The van der Waals surface area contributed by atoms with Gasteiger partial charge in [0.1, 0.15) is 12.0 Å². The number of carbonyl (C=O) groups excluding carboxylic acids is 2. The van der Waals surface area contributed by atoms with Crippen LogP contribution in [-0.2, 0) is 6.42 Å². The number of nitrogens with zero attached hydrogens (tertiary/aromatic N) is 3. The highest BCUT2D eigenvalue weighted by Gasteiger charge is 2.45. The van der Waals surface area contributed by atoms with E-state index in [-0.39, 0.29) is 25.3 Å². The molecule has 3 aromatic rings. The van der Waals surface area contributed by atoms with Gasteiger partial charge in [-0.3, -0.25) is 14.7 Å². The molecule has 0 bridgehead atoms. The van der Waals surface area contributed by atoms with Gasteiger partial charge in [-0.05, 0) is 36.6 Å². The van der Waals surface area contributed by atoms with Crippen LogP contribution in [0.1, 0.15) is 57.8 Å². The van der Waals surface area contributed by atoms with Crippen LogP contribution in [0.25, 0.3) is 10.9 Å². The average molecular weight is 410 g/mol. The Morgan fingerprint density at radius 1 is 1.20 bits per heavy atom. The van der Waals surface area contributed by atoms with Crippen molar-refractivity contribution in [3.05, 3.63) is 64.6 Å². The zero-order chi connectivity index (χ0) is 21.0. The number of aryl methyl sites for hydroxylation is 1. The summed E-state index contributed by atoms with van der Waals surface area (Å²) in [6, 6.07) is 8.87. The Hall–Kier alpha value is -3.13. The number of alkyl halides is 1. The lowest BCUT2D eigenvalue weighted by Gasteiger charge is -2.40. The van der Waals surface area contributed by atoms with Gasteiger partial charge < -0.3 is 0 Å². The number of nitrogens with one attached hydrogen (secondary N) is 1. The third-order valence-corrected chi connectivity index (χ3v) is 6.01. The van der Waals surface area contributed by atoms with Crippen molar-refractivity contribution in [2.75, 3.05) is 6.54 Å². The highest BCUT2D eigenvalue weighted by molar-refractivity contribution is 6.21. The summed E-state index contributed by atoms with van der Waals surface area (Å²) in [5, 5.41) is 10.5. The molecule has 30 heavy (non-hydrogen) atoms. The van der Waals surface area contributed by atoms with Gasteiger partial charge in [-0.15, -0.1) is 0 Å². The molecule has 2 aliphatic heterocycles. The largest absolute Gasteiger partial charge is 0.280 e. The smallest absolute Gasteiger partial charge is 0.276 e. The van der Waals surface area contributed by atoms with Crippen molar-refractivity contribution < 1.29 is 18.4 Å². The first kappa shape index (κ1) is 18.9. The van der Waals surface area contributed by atoms with E-state index in [1.165, 1.54) is 12.1 Å². The highest BCUT2D eigenvalue weighted by Crippen LogP contribution is 2.39. The highest BCUT2D eigenvalue weighted by atomic mass is 19.1. The maximum absolute atomic E-state index is 14.4. The van der Waals surface area contributed by atoms with Crippen molar-refractivity contribution >= 4 is 22.7 Å². The maximum Gasteiger partial charge on any atom is 0.276 e. The summed E-state index contributed by atoms with van der Waals surface area (Å²) in [7, 11) is 0. The molecule has 2 aliphatic rings. The minimum Gasteiger partial charge on any atom is -0.280 e. The lowest BCUT2D eigenvalue weighted by atomic mass is 9.97. The Bertz CT molecular complexity index is 1180. The topological polar surface area (TPSA) is 69.3 Å². The standard InChI is InChI=1S/C22H20F2N4O2/c1-2-12-4-3-5-16-19(12)22(30)28(21(16)29)27-9-8-14(24)11-18(27)20-15-7-6-13(23)10-17(15)25-26-20/h3-7,10,14,18H,2,8-9,11H2,1H3,(H,25,26). The number of carbonyl (C=O) groups is 2. The molecule has 5 rings (SSSR count). The number of hydrazine groups is 1. The molecule has 2 amide bonds. The second-order valence-electron chi connectivity index (χ2n) is 7.71. The van der Waals surface area contributed by atoms with E-state index in [1.807, 2.05) is 13.0 Å². The van der Waals surface area contributed by atoms with E-state index in [1.54, 1.807) is 23.2 Å². The Morgan fingerprint density at radius 3 is 2.83 bits per heavy atom. The van der Waals surface area contributed by atoms with Crippen LogP contribution in [0.4, 0.5) is 8.78 Å². The number of hydrogen-bond acceptors (Lipinski definition) is 4. The summed E-state index contributed by atoms with van der Waals surface area (Å²) in [6.45, 7) is 2.14. The van der Waals surface area contributed by atoms with Crippen molar-refractivity contribution in [2.24, 2.45) is 0 Å². The van der Waals surface area contributed by atoms with Crippen LogP contribution in [0.5, 0.6) is 0 Å². The van der Waals surface area contributed by atoms with Crippen LogP contribution in [0, 0.1) is 5.82 Å². The normalized spacial score (nSPS) is 22.2. The van der Waals surface area contributed by atoms with Crippen LogP contribution in [0.2, 0.25) is 0 Å². The van der Waals surface area contributed by atoms with Crippen LogP contribution in [0.15, 0.2) is 36.4 Å². The second-order valence-corrected chi connectivity index (χ2v) is 7.71. The van der Waals surface area contributed by atoms with Gasteiger partial charge in [-0.2, -0.15) is 5.10 Å². The van der Waals surface area contributed by atoms with E-state index < -0.39 is 23.9 Å². The van der Waals surface area contributed by atoms with Crippen LogP contribution >= 0.6 is 0 Å². The van der Waals surface area contributed by atoms with Crippen molar-refractivity contribution in [2.45, 2.75) is 38.4 Å². The van der Waals surface area contributed by atoms with Crippen LogP contribution in [-0.4, -0.2) is 44.7 Å². The van der Waals surface area contributed by atoms with Gasteiger partial charge in [0.25, 0.3) is 11.8 Å². The van der Waals surface area contributed by atoms with Gasteiger partial charge in [0, 0.05) is 24.4 Å². The fourth-order valence-corrected chi connectivity index (χ4v) is 4.55. The molecular formula is C22H20F2N4O2. The summed E-state index contributed by atoms with van der Waals surface area (Å²) in [4.78, 5) is 26.5. The van der Waals surface area contributed by atoms with Gasteiger partial charge in [0.05, 0.1) is 28.4 Å².